The number of unbranched alkanes of at least 4 members (excludes halogenated alkanes) is 12. The van der Waals surface area contributed by atoms with Crippen molar-refractivity contribution >= 4 is 0 Å². The standard InChI is InChI=1S/C18H35O/c1-2-3-4-5-6-7-8-9-10-11-12-13-14-15-16-17-18-19/h9-10,18-19H,2-8,11-17H2,1H3/b10-9-. The molecule has 0 aliphatic rings. The molecule has 1 nitrogen and oxygen atoms in total. The molecule has 1 N–H and O–H groups in total. The van der Waals surface area contributed by atoms with E-state index in [2.05, 4.69) is 19.1 Å². The predicted molar refractivity (Wildman–Crippen MR) is 85.7 cm³/mol. The van der Waals surface area contributed by atoms with Gasteiger partial charge in [0.15, 0.2) is 0 Å². The quantitative estimate of drug-likeness (QED) is 0.263. The van der Waals surface area contributed by atoms with Crippen molar-refractivity contribution < 1.29 is 5.11 Å². The summed E-state index contributed by atoms with van der Waals surface area (Å²) in [5, 5.41) is 8.54. The Balaban J connectivity index is 3.01. The largest absolute Gasteiger partial charge is 0.390 e. The monoisotopic (exact) mass is 267 g/mol. The Morgan fingerprint density at radius 3 is 1.47 bits per heavy atom. The lowest BCUT2D eigenvalue weighted by molar-refractivity contribution is 0.367. The van der Waals surface area contributed by atoms with Gasteiger partial charge in [0.1, 0.15) is 0 Å². The number of allylic oxidation sites excluding steroid dienone is 2. The summed E-state index contributed by atoms with van der Waals surface area (Å²) in [7, 11) is 0. The van der Waals surface area contributed by atoms with E-state index < -0.39 is 0 Å². The number of hydrogen-bond donors (Lipinski definition) is 1. The SMILES string of the molecule is CCCCCCCC/C=C\CCCCCCC[CH]O. The minimum atomic E-state index is 0.859. The third-order valence-electron chi connectivity index (χ3n) is 3.60. The normalized spacial score (nSPS) is 11.5. The number of hydrogen-bond acceptors (Lipinski definition) is 1. The van der Waals surface area contributed by atoms with Gasteiger partial charge in [0, 0.05) is 0 Å². The van der Waals surface area contributed by atoms with E-state index in [4.69, 9.17) is 5.11 Å². The van der Waals surface area contributed by atoms with Crippen molar-refractivity contribution in [3.63, 3.8) is 0 Å². The molecule has 0 aromatic rings. The van der Waals surface area contributed by atoms with Gasteiger partial charge in [-0.3, -0.25) is 0 Å². The third kappa shape index (κ3) is 17.7. The summed E-state index contributed by atoms with van der Waals surface area (Å²) >= 11 is 0. The van der Waals surface area contributed by atoms with Gasteiger partial charge in [-0.15, -0.1) is 0 Å². The number of aliphatic hydroxyl groups excluding tert-OH is 1. The molecule has 113 valence electrons. The van der Waals surface area contributed by atoms with Gasteiger partial charge in [0.25, 0.3) is 0 Å². The zero-order valence-corrected chi connectivity index (χ0v) is 13.1. The second-order valence-corrected chi connectivity index (χ2v) is 5.56. The molecule has 0 bridgehead atoms. The predicted octanol–water partition coefficient (Wildman–Crippen LogP) is 6.56. The Bertz CT molecular complexity index is 175. The van der Waals surface area contributed by atoms with E-state index in [9.17, 15) is 0 Å². The van der Waals surface area contributed by atoms with Crippen LogP contribution in [0, 0.1) is 6.61 Å². The Labute approximate surface area is 121 Å². The van der Waals surface area contributed by atoms with Gasteiger partial charge >= 0.3 is 0 Å². The Morgan fingerprint density at radius 2 is 1.00 bits per heavy atom. The van der Waals surface area contributed by atoms with Crippen molar-refractivity contribution in [3.05, 3.63) is 18.8 Å². The van der Waals surface area contributed by atoms with Crippen LogP contribution in [-0.2, 0) is 0 Å². The summed E-state index contributed by atoms with van der Waals surface area (Å²) in [6.07, 6.45) is 22.9. The molecule has 0 rings (SSSR count). The van der Waals surface area contributed by atoms with Gasteiger partial charge in [0.05, 0.1) is 6.61 Å². The highest BCUT2D eigenvalue weighted by Crippen LogP contribution is 2.09. The van der Waals surface area contributed by atoms with E-state index in [1.54, 1.807) is 0 Å². The Kier molecular flexibility index (Phi) is 17.4. The maximum absolute atomic E-state index is 8.54. The molecule has 0 saturated heterocycles. The van der Waals surface area contributed by atoms with Crippen LogP contribution in [0.4, 0.5) is 0 Å². The lowest BCUT2D eigenvalue weighted by Gasteiger charge is -1.99. The second-order valence-electron chi connectivity index (χ2n) is 5.56. The maximum atomic E-state index is 8.54. The highest BCUT2D eigenvalue weighted by Gasteiger charge is 1.90. The first-order valence-electron chi connectivity index (χ1n) is 8.52. The molecule has 0 saturated carbocycles. The average molecular weight is 267 g/mol. The topological polar surface area (TPSA) is 20.2 Å². The van der Waals surface area contributed by atoms with Gasteiger partial charge < -0.3 is 5.11 Å². The maximum Gasteiger partial charge on any atom is 0.0799 e. The highest BCUT2D eigenvalue weighted by atomic mass is 16.2. The average Bonchev–Trinajstić information content (AvgIpc) is 2.43. The zero-order chi connectivity index (χ0) is 14.0. The number of aliphatic hydroxyl groups is 1. The number of rotatable bonds is 15. The summed E-state index contributed by atoms with van der Waals surface area (Å²) in [5.41, 5.74) is 0. The molecule has 0 unspecified atom stereocenters. The first-order chi connectivity index (χ1) is 9.41. The lowest BCUT2D eigenvalue weighted by Crippen LogP contribution is -1.80. The van der Waals surface area contributed by atoms with Crippen LogP contribution in [0.15, 0.2) is 12.2 Å². The van der Waals surface area contributed by atoms with Crippen molar-refractivity contribution in [1.29, 1.82) is 0 Å². The molecule has 0 aromatic carbocycles. The van der Waals surface area contributed by atoms with Crippen LogP contribution in [0.25, 0.3) is 0 Å². The fourth-order valence-electron chi connectivity index (χ4n) is 2.31. The van der Waals surface area contributed by atoms with E-state index in [1.165, 1.54) is 83.7 Å². The minimum Gasteiger partial charge on any atom is -0.390 e. The molecule has 19 heavy (non-hydrogen) atoms. The van der Waals surface area contributed by atoms with Crippen LogP contribution in [0.3, 0.4) is 0 Å². The summed E-state index contributed by atoms with van der Waals surface area (Å²) in [6.45, 7) is 3.55. The molecule has 0 heterocycles. The van der Waals surface area contributed by atoms with Crippen molar-refractivity contribution in [2.24, 2.45) is 0 Å². The molecule has 1 heteroatoms. The molecule has 0 amide bonds. The smallest absolute Gasteiger partial charge is 0.0799 e. The van der Waals surface area contributed by atoms with Crippen LogP contribution in [0.5, 0.6) is 0 Å². The lowest BCUT2D eigenvalue weighted by atomic mass is 10.1. The Morgan fingerprint density at radius 1 is 0.579 bits per heavy atom. The van der Waals surface area contributed by atoms with E-state index >= 15 is 0 Å². The molecular formula is C18H35O. The van der Waals surface area contributed by atoms with Crippen molar-refractivity contribution in [2.45, 2.75) is 96.8 Å². The summed E-state index contributed by atoms with van der Waals surface area (Å²) in [6, 6.07) is 0. The van der Waals surface area contributed by atoms with Crippen LogP contribution in [0.2, 0.25) is 0 Å². The van der Waals surface area contributed by atoms with Crippen molar-refractivity contribution in [1.82, 2.24) is 0 Å². The second kappa shape index (κ2) is 17.7. The van der Waals surface area contributed by atoms with E-state index in [0.717, 1.165) is 12.8 Å². The summed E-state index contributed by atoms with van der Waals surface area (Å²) in [5.74, 6) is 0. The fourth-order valence-corrected chi connectivity index (χ4v) is 2.31. The van der Waals surface area contributed by atoms with Gasteiger partial charge in [-0.25, -0.2) is 0 Å². The molecule has 0 spiro atoms. The van der Waals surface area contributed by atoms with Gasteiger partial charge in [-0.05, 0) is 32.1 Å². The molecular weight excluding hydrogens is 232 g/mol. The summed E-state index contributed by atoms with van der Waals surface area (Å²) in [4.78, 5) is 0. The molecule has 0 aliphatic heterocycles. The fraction of sp³-hybridized carbons (Fsp3) is 0.833. The first kappa shape index (κ1) is 18.7. The summed E-state index contributed by atoms with van der Waals surface area (Å²) < 4.78 is 0. The van der Waals surface area contributed by atoms with Gasteiger partial charge in [0.2, 0.25) is 0 Å². The van der Waals surface area contributed by atoms with Crippen LogP contribution < -0.4 is 0 Å². The van der Waals surface area contributed by atoms with Crippen molar-refractivity contribution in [2.75, 3.05) is 0 Å². The minimum absolute atomic E-state index is 0.859. The first-order valence-corrected chi connectivity index (χ1v) is 8.52. The Hall–Kier alpha value is -0.300. The van der Waals surface area contributed by atoms with Crippen LogP contribution in [-0.4, -0.2) is 5.11 Å². The van der Waals surface area contributed by atoms with E-state index in [0.29, 0.717) is 0 Å². The molecule has 1 radical (unpaired) electrons. The molecule has 0 fully saturated rings. The third-order valence-corrected chi connectivity index (χ3v) is 3.60. The van der Waals surface area contributed by atoms with Gasteiger partial charge in [-0.2, -0.15) is 0 Å². The zero-order valence-electron chi connectivity index (χ0n) is 13.1. The molecule has 0 aliphatic carbocycles. The molecule has 0 aromatic heterocycles. The van der Waals surface area contributed by atoms with Crippen LogP contribution >= 0.6 is 0 Å². The van der Waals surface area contributed by atoms with E-state index in [-0.39, 0.29) is 0 Å². The van der Waals surface area contributed by atoms with Crippen molar-refractivity contribution in [3.8, 4) is 0 Å². The highest BCUT2D eigenvalue weighted by molar-refractivity contribution is 4.81. The van der Waals surface area contributed by atoms with E-state index in [1.807, 2.05) is 0 Å². The van der Waals surface area contributed by atoms with Crippen LogP contribution in [0.1, 0.15) is 96.8 Å². The van der Waals surface area contributed by atoms with Gasteiger partial charge in [-0.1, -0.05) is 76.9 Å². The molecule has 0 atom stereocenters.